The summed E-state index contributed by atoms with van der Waals surface area (Å²) in [6, 6.07) is 96.3. The molecule has 572 valence electrons. The Labute approximate surface area is 673 Å². The molecule has 11 aromatic rings. The number of fused-ring (bicyclic) bond motifs is 4. The van der Waals surface area contributed by atoms with Crippen LogP contribution in [0.4, 0.5) is 45.5 Å². The van der Waals surface area contributed by atoms with Gasteiger partial charge >= 0.3 is 0 Å². The summed E-state index contributed by atoms with van der Waals surface area (Å²) < 4.78 is 15.0. The van der Waals surface area contributed by atoms with Gasteiger partial charge in [-0.3, -0.25) is 24.8 Å². The highest BCUT2D eigenvalue weighted by atomic mass is 32.2. The fourth-order valence-corrected chi connectivity index (χ4v) is 16.4. The number of hydrogen-bond donors (Lipinski definition) is 0. The highest BCUT2D eigenvalue weighted by molar-refractivity contribution is 7.99. The van der Waals surface area contributed by atoms with Crippen LogP contribution in [-0.4, -0.2) is 128 Å². The summed E-state index contributed by atoms with van der Waals surface area (Å²) in [6.45, 7) is 22.4. The van der Waals surface area contributed by atoms with E-state index in [1.54, 1.807) is 16.8 Å². The van der Waals surface area contributed by atoms with E-state index in [9.17, 15) is 4.79 Å². The smallest absolute Gasteiger partial charge is 0.212 e. The molecule has 4 aliphatic rings. The van der Waals surface area contributed by atoms with Crippen molar-refractivity contribution in [1.29, 1.82) is 0 Å². The lowest BCUT2D eigenvalue weighted by molar-refractivity contribution is -0.400. The van der Waals surface area contributed by atoms with Gasteiger partial charge in [-0.05, 0) is 140 Å². The molecule has 0 atom stereocenters. The van der Waals surface area contributed by atoms with Gasteiger partial charge in [-0.25, -0.2) is 0 Å². The number of nitrogens with zero attached hydrogens (tertiary/aromatic N) is 12. The number of anilines is 4. The first-order chi connectivity index (χ1) is 54.2. The van der Waals surface area contributed by atoms with Gasteiger partial charge in [0.15, 0.2) is 11.5 Å². The summed E-state index contributed by atoms with van der Waals surface area (Å²) in [5.74, 6) is 2.11. The first kappa shape index (κ1) is 80.3. The van der Waals surface area contributed by atoms with Gasteiger partial charge < -0.3 is 4.74 Å². The lowest BCUT2D eigenvalue weighted by atomic mass is 9.82. The molecule has 14 nitrogen and oxygen atoms in total. The van der Waals surface area contributed by atoms with Crippen LogP contribution in [0.3, 0.4) is 0 Å². The van der Waals surface area contributed by atoms with Crippen LogP contribution in [0.1, 0.15) is 119 Å². The summed E-state index contributed by atoms with van der Waals surface area (Å²) in [5.41, 5.74) is 21.1. The van der Waals surface area contributed by atoms with Gasteiger partial charge in [0.1, 0.15) is 64.5 Å². The maximum absolute atomic E-state index is 13.0. The maximum Gasteiger partial charge on any atom is 0.212 e. The van der Waals surface area contributed by atoms with Crippen molar-refractivity contribution in [2.75, 3.05) is 76.4 Å². The van der Waals surface area contributed by atoms with Crippen molar-refractivity contribution in [2.24, 2.45) is 20.4 Å². The third kappa shape index (κ3) is 17.3. The SMILES string of the molecule is CC(C)c1ccc(N(C)/N=C/C2=[N+](C)c3ccccc3C2(C)C)cc1.CN(/N=C/C1=[N+](C)c2ccccc2C1(C)C)c1ccccc1C(=O)c1ccccc1.CN(/N=C/C1=[N+](C)c2ccccc2C1(C)C)c1ccccc1Oc1ccccc1.CN(/N=C/C1=[N+](C)c2ccccc2C1(C)C)c1ccccc1Sc1ccccc1. The van der Waals surface area contributed by atoms with Crippen molar-refractivity contribution in [3.8, 4) is 11.5 Å². The molecule has 15 rings (SSSR count). The lowest BCUT2D eigenvalue weighted by Crippen LogP contribution is -2.30. The van der Waals surface area contributed by atoms with Gasteiger partial charge in [0.25, 0.3) is 0 Å². The van der Waals surface area contributed by atoms with Crippen molar-refractivity contribution in [2.45, 2.75) is 107 Å². The van der Waals surface area contributed by atoms with Crippen LogP contribution in [0.5, 0.6) is 11.5 Å². The zero-order valence-corrected chi connectivity index (χ0v) is 69.4. The number of hydrogen-bond acceptors (Lipinski definition) is 11. The van der Waals surface area contributed by atoms with E-state index in [2.05, 4.69) is 286 Å². The second-order valence-electron chi connectivity index (χ2n) is 31.1. The number of hydrazone groups is 4. The average molecular weight is 1520 g/mol. The highest BCUT2D eigenvalue weighted by Crippen LogP contribution is 2.43. The second kappa shape index (κ2) is 34.6. The third-order valence-electron chi connectivity index (χ3n) is 22.0. The predicted molar refractivity (Wildman–Crippen MR) is 476 cm³/mol. The molecule has 11 aromatic carbocycles. The monoisotopic (exact) mass is 1510 g/mol. The molecular formula is C98H106N12O2S+4. The lowest BCUT2D eigenvalue weighted by Gasteiger charge is -2.18. The molecule has 15 heteroatoms. The quantitative estimate of drug-likeness (QED) is 0.0344. The number of benzene rings is 11. The molecule has 0 radical (unpaired) electrons. The Balaban J connectivity index is 0.000000140. The van der Waals surface area contributed by atoms with Crippen LogP contribution in [-0.2, 0) is 21.7 Å². The van der Waals surface area contributed by atoms with Gasteiger partial charge in [0.05, 0.1) is 38.7 Å². The van der Waals surface area contributed by atoms with Crippen LogP contribution in [0.15, 0.2) is 315 Å². The van der Waals surface area contributed by atoms with E-state index in [-0.39, 0.29) is 27.4 Å². The normalized spacial score (nSPS) is 15.1. The van der Waals surface area contributed by atoms with Crippen LogP contribution >= 0.6 is 11.8 Å². The van der Waals surface area contributed by atoms with E-state index in [4.69, 9.17) is 25.1 Å². The van der Waals surface area contributed by atoms with Crippen molar-refractivity contribution in [3.05, 3.63) is 324 Å². The van der Waals surface area contributed by atoms with Crippen LogP contribution in [0, 0.1) is 0 Å². The second-order valence-corrected chi connectivity index (χ2v) is 32.3. The average Bonchev–Trinajstić information content (AvgIpc) is 1.62. The van der Waals surface area contributed by atoms with Gasteiger partial charge in [0, 0.05) is 95.6 Å². The molecule has 4 heterocycles. The van der Waals surface area contributed by atoms with Gasteiger partial charge in [0.2, 0.25) is 45.6 Å². The molecule has 0 aromatic heterocycles. The molecule has 113 heavy (non-hydrogen) atoms. The van der Waals surface area contributed by atoms with Crippen molar-refractivity contribution in [3.63, 3.8) is 0 Å². The fraction of sp³-hybridized carbons (Fsp3) is 0.235. The largest absolute Gasteiger partial charge is 0.455 e. The number of para-hydroxylation sites is 9. The van der Waals surface area contributed by atoms with Crippen molar-refractivity contribution in [1.82, 2.24) is 0 Å². The molecule has 0 fully saturated rings. The topological polar surface area (TPSA) is 101 Å². The van der Waals surface area contributed by atoms with E-state index in [1.165, 1.54) is 71.8 Å². The van der Waals surface area contributed by atoms with E-state index in [0.717, 1.165) is 45.7 Å². The van der Waals surface area contributed by atoms with Crippen LogP contribution < -0.4 is 24.8 Å². The van der Waals surface area contributed by atoms with E-state index < -0.39 is 0 Å². The molecule has 0 spiro atoms. The van der Waals surface area contributed by atoms with Gasteiger partial charge in [-0.15, -0.1) is 0 Å². The highest BCUT2D eigenvalue weighted by Gasteiger charge is 2.47. The molecule has 0 unspecified atom stereocenters. The van der Waals surface area contributed by atoms with E-state index >= 15 is 0 Å². The Morgan fingerprint density at radius 1 is 0.363 bits per heavy atom. The van der Waals surface area contributed by atoms with Crippen molar-refractivity contribution < 1.29 is 27.8 Å². The molecule has 0 aliphatic carbocycles. The van der Waals surface area contributed by atoms with Crippen molar-refractivity contribution >= 4 is 111 Å². The first-order valence-corrected chi connectivity index (χ1v) is 39.4. The molecule has 0 amide bonds. The summed E-state index contributed by atoms with van der Waals surface area (Å²) in [6.07, 6.45) is 7.86. The number of carbonyl (C=O) groups excluding carboxylic acids is 1. The zero-order valence-electron chi connectivity index (χ0n) is 68.6. The number of carbonyl (C=O) groups is 1. The molecule has 0 N–H and O–H groups in total. The summed E-state index contributed by atoms with van der Waals surface area (Å²) in [7, 11) is 16.2. The molecule has 4 aliphatic heterocycles. The Kier molecular flexibility index (Phi) is 24.6. The van der Waals surface area contributed by atoms with E-state index in [1.807, 2.05) is 183 Å². The molecule has 0 saturated carbocycles. The zero-order chi connectivity index (χ0) is 80.4. The van der Waals surface area contributed by atoms with Crippen LogP contribution in [0.25, 0.3) is 0 Å². The standard InChI is InChI=1S/C26H26N3O.C25H26N3O.C25H26N3S.C22H28N3/c1-26(2)21-15-9-11-17-23(21)28(3)24(26)18-27-29(4)22-16-10-8-14-20(22)25(30)19-12-6-5-7-13-19;2*1-25(2)20-14-8-9-15-21(20)27(3)24(25)18-26-28(4)22-16-10-11-17-23(22)29-19-12-6-5-7-13-19;1-16(2)17-11-13-18(14-12-17)25(6)23-15-21-22(3,4)19-9-7-8-10-20(19)24(21)5/h5-18H,1-4H3;2*5-18H,1-4H3;7-16H,1-6H3/q4*+1. The third-order valence-corrected chi connectivity index (χ3v) is 23.1. The molecule has 0 bridgehead atoms. The minimum absolute atomic E-state index is 0.00776. The number of rotatable bonds is 19. The Morgan fingerprint density at radius 3 is 1.12 bits per heavy atom. The first-order valence-electron chi connectivity index (χ1n) is 38.6. The Hall–Kier alpha value is -12.2. The van der Waals surface area contributed by atoms with Gasteiger partial charge in [-0.2, -0.15) is 38.7 Å². The van der Waals surface area contributed by atoms with E-state index in [0.29, 0.717) is 17.0 Å². The Bertz CT molecular complexity index is 5340. The van der Waals surface area contributed by atoms with Gasteiger partial charge in [-0.1, -0.05) is 214 Å². The summed E-state index contributed by atoms with van der Waals surface area (Å²) in [5, 5.41) is 26.5. The summed E-state index contributed by atoms with van der Waals surface area (Å²) >= 11 is 1.76. The minimum Gasteiger partial charge on any atom is -0.455 e. The predicted octanol–water partition coefficient (Wildman–Crippen LogP) is 21.6. The molecular weight excluding hydrogens is 1410 g/mol. The number of ketones is 1. The summed E-state index contributed by atoms with van der Waals surface area (Å²) in [4.78, 5) is 15.5. The minimum atomic E-state index is -0.144. The fourth-order valence-electron chi connectivity index (χ4n) is 15.4. The maximum atomic E-state index is 13.0. The van der Waals surface area contributed by atoms with Crippen LogP contribution in [0.2, 0.25) is 0 Å². The number of ether oxygens (including phenoxy) is 1. The Morgan fingerprint density at radius 2 is 0.690 bits per heavy atom. The molecule has 0 saturated heterocycles.